The van der Waals surface area contributed by atoms with Gasteiger partial charge in [-0.05, 0) is 64.0 Å². The summed E-state index contributed by atoms with van der Waals surface area (Å²) in [4.78, 5) is 31.1. The van der Waals surface area contributed by atoms with Crippen LogP contribution in [0.4, 0.5) is 0 Å². The zero-order valence-electron chi connectivity index (χ0n) is 17.9. The Bertz CT molecular complexity index is 907. The quantitative estimate of drug-likeness (QED) is 0.473. The minimum Gasteiger partial charge on any atom is -0.464 e. The number of carbonyl (C=O) groups excluding carboxylic acids is 1. The molecule has 0 aliphatic rings. The summed E-state index contributed by atoms with van der Waals surface area (Å²) in [5, 5.41) is 10.3. The van der Waals surface area contributed by atoms with Crippen LogP contribution in [0.3, 0.4) is 0 Å². The van der Waals surface area contributed by atoms with Crippen molar-refractivity contribution < 1.29 is 19.4 Å². The fourth-order valence-corrected chi connectivity index (χ4v) is 2.94. The number of aliphatic hydroxyl groups is 1. The van der Waals surface area contributed by atoms with Gasteiger partial charge in [0.25, 0.3) is 5.56 Å². The van der Waals surface area contributed by atoms with E-state index < -0.39 is 17.6 Å². The van der Waals surface area contributed by atoms with Gasteiger partial charge >= 0.3 is 5.97 Å². The lowest BCUT2D eigenvalue weighted by atomic mass is 10.1. The van der Waals surface area contributed by atoms with Gasteiger partial charge in [-0.1, -0.05) is 0 Å². The third-order valence-electron chi connectivity index (χ3n) is 4.90. The fourth-order valence-electron chi connectivity index (χ4n) is 2.94. The number of aromatic nitrogens is 2. The van der Waals surface area contributed by atoms with Crippen LogP contribution < -0.4 is 5.56 Å². The van der Waals surface area contributed by atoms with Crippen LogP contribution in [0.15, 0.2) is 16.9 Å². The summed E-state index contributed by atoms with van der Waals surface area (Å²) < 4.78 is 11.7. The third kappa shape index (κ3) is 6.09. The predicted octanol–water partition coefficient (Wildman–Crippen LogP) is 1.52. The summed E-state index contributed by atoms with van der Waals surface area (Å²) >= 11 is 0. The van der Waals surface area contributed by atoms with Gasteiger partial charge in [-0.15, -0.1) is 0 Å². The Hall–Kier alpha value is -2.29. The molecule has 0 radical (unpaired) electrons. The molecule has 0 saturated carbocycles. The highest BCUT2D eigenvalue weighted by Gasteiger charge is 2.19. The van der Waals surface area contributed by atoms with E-state index in [0.717, 1.165) is 17.7 Å². The maximum Gasteiger partial charge on any atom is 0.362 e. The zero-order chi connectivity index (χ0) is 21.6. The summed E-state index contributed by atoms with van der Waals surface area (Å²) in [6, 6.07) is 3.74. The largest absolute Gasteiger partial charge is 0.464 e. The molecule has 0 spiro atoms. The normalized spacial score (nSPS) is 12.5. The Labute approximate surface area is 171 Å². The Morgan fingerprint density at radius 1 is 1.21 bits per heavy atom. The van der Waals surface area contributed by atoms with Gasteiger partial charge in [-0.3, -0.25) is 4.79 Å². The van der Waals surface area contributed by atoms with E-state index in [1.807, 2.05) is 45.0 Å². The van der Waals surface area contributed by atoms with Gasteiger partial charge in [0.15, 0.2) is 0 Å². The number of carbonyl (C=O) groups is 1. The van der Waals surface area contributed by atoms with E-state index in [4.69, 9.17) is 9.47 Å². The van der Waals surface area contributed by atoms with Crippen molar-refractivity contribution in [1.82, 2.24) is 14.5 Å². The topological polar surface area (TPSA) is 93.9 Å². The first-order valence-corrected chi connectivity index (χ1v) is 9.75. The maximum absolute atomic E-state index is 12.8. The molecule has 160 valence electrons. The number of benzene rings is 1. The first-order valence-electron chi connectivity index (χ1n) is 9.75. The van der Waals surface area contributed by atoms with E-state index in [1.54, 1.807) is 0 Å². The number of ether oxygens (including phenoxy) is 2. The molecule has 0 saturated heterocycles. The van der Waals surface area contributed by atoms with E-state index in [0.29, 0.717) is 37.1 Å². The molecule has 2 aromatic rings. The molecular formula is C21H31N3O5. The van der Waals surface area contributed by atoms with Crippen molar-refractivity contribution in [3.05, 3.63) is 39.3 Å². The van der Waals surface area contributed by atoms with Crippen LogP contribution in [0.25, 0.3) is 11.0 Å². The number of aliphatic hydroxyl groups excluding tert-OH is 1. The second-order valence-corrected chi connectivity index (χ2v) is 7.48. The Kier molecular flexibility index (Phi) is 8.31. The number of likely N-dealkylation sites (N-methyl/N-ethyl adjacent to an activating group) is 1. The lowest BCUT2D eigenvalue weighted by Crippen LogP contribution is -2.30. The molecular weight excluding hydrogens is 374 g/mol. The van der Waals surface area contributed by atoms with Gasteiger partial charge in [-0.2, -0.15) is 0 Å². The van der Waals surface area contributed by atoms with Crippen molar-refractivity contribution in [2.24, 2.45) is 0 Å². The van der Waals surface area contributed by atoms with Gasteiger partial charge in [0, 0.05) is 19.7 Å². The van der Waals surface area contributed by atoms with E-state index in [1.165, 1.54) is 11.7 Å². The minimum atomic E-state index is -0.765. The Morgan fingerprint density at radius 2 is 1.90 bits per heavy atom. The number of hydrogen-bond acceptors (Lipinski definition) is 7. The number of aryl methyl sites for hydroxylation is 3. The van der Waals surface area contributed by atoms with Crippen molar-refractivity contribution >= 4 is 17.0 Å². The van der Waals surface area contributed by atoms with E-state index >= 15 is 0 Å². The van der Waals surface area contributed by atoms with E-state index in [-0.39, 0.29) is 12.2 Å². The first-order chi connectivity index (χ1) is 13.7. The number of methoxy groups -OCH3 is 1. The van der Waals surface area contributed by atoms with Crippen LogP contribution in [0.5, 0.6) is 0 Å². The number of nitrogens with zero attached hydrogens (tertiary/aromatic N) is 3. The molecule has 0 bridgehead atoms. The highest BCUT2D eigenvalue weighted by atomic mass is 16.5. The molecule has 0 aliphatic carbocycles. The second kappa shape index (κ2) is 10.5. The van der Waals surface area contributed by atoms with Gasteiger partial charge < -0.3 is 24.0 Å². The third-order valence-corrected chi connectivity index (χ3v) is 4.90. The van der Waals surface area contributed by atoms with Crippen LogP contribution in [0.2, 0.25) is 0 Å². The molecule has 8 heteroatoms. The highest BCUT2D eigenvalue weighted by Crippen LogP contribution is 2.18. The molecule has 29 heavy (non-hydrogen) atoms. The lowest BCUT2D eigenvalue weighted by Gasteiger charge is -2.16. The van der Waals surface area contributed by atoms with Crippen LogP contribution in [0, 0.1) is 13.8 Å². The van der Waals surface area contributed by atoms with Crippen LogP contribution in [0.1, 0.15) is 34.5 Å². The van der Waals surface area contributed by atoms with E-state index in [2.05, 4.69) is 4.98 Å². The second-order valence-electron chi connectivity index (χ2n) is 7.48. The zero-order valence-corrected chi connectivity index (χ0v) is 17.9. The van der Waals surface area contributed by atoms with Gasteiger partial charge in [0.05, 0.1) is 30.9 Å². The van der Waals surface area contributed by atoms with Crippen molar-refractivity contribution in [2.75, 3.05) is 41.0 Å². The molecule has 1 N–H and O–H groups in total. The predicted molar refractivity (Wildman–Crippen MR) is 111 cm³/mol. The van der Waals surface area contributed by atoms with Crippen LogP contribution in [-0.2, 0) is 16.0 Å². The molecule has 1 heterocycles. The standard InChI is InChI=1S/C21H31N3O5/c1-14-12-17-18(13-15(14)2)24(20(26)19(22-17)21(27)28-5)8-6-16(25)7-10-29-11-9-23(3)4/h12-13,16,25H,6-11H2,1-5H3. The first kappa shape index (κ1) is 23.0. The van der Waals surface area contributed by atoms with Gasteiger partial charge in [-0.25, -0.2) is 9.78 Å². The summed E-state index contributed by atoms with van der Waals surface area (Å²) in [5.41, 5.74) is 2.47. The minimum absolute atomic E-state index is 0.246. The number of hydrogen-bond donors (Lipinski definition) is 1. The monoisotopic (exact) mass is 405 g/mol. The summed E-state index contributed by atoms with van der Waals surface area (Å²) in [7, 11) is 5.17. The number of rotatable bonds is 10. The fraction of sp³-hybridized carbons (Fsp3) is 0.571. The molecule has 0 fully saturated rings. The summed E-state index contributed by atoms with van der Waals surface area (Å²) in [6.07, 6.45) is 0.231. The maximum atomic E-state index is 12.8. The molecule has 1 aromatic carbocycles. The summed E-state index contributed by atoms with van der Waals surface area (Å²) in [5.74, 6) is -0.765. The lowest BCUT2D eigenvalue weighted by molar-refractivity contribution is 0.0591. The summed E-state index contributed by atoms with van der Waals surface area (Å²) in [6.45, 7) is 6.05. The molecule has 1 unspecified atom stereocenters. The molecule has 2 rings (SSSR count). The molecule has 1 aromatic heterocycles. The SMILES string of the molecule is COC(=O)c1nc2cc(C)c(C)cc2n(CCC(O)CCOCCN(C)C)c1=O. The Morgan fingerprint density at radius 3 is 2.55 bits per heavy atom. The average molecular weight is 405 g/mol. The van der Waals surface area contributed by atoms with Crippen LogP contribution >= 0.6 is 0 Å². The van der Waals surface area contributed by atoms with Crippen molar-refractivity contribution in [1.29, 1.82) is 0 Å². The van der Waals surface area contributed by atoms with Crippen molar-refractivity contribution in [3.8, 4) is 0 Å². The average Bonchev–Trinajstić information content (AvgIpc) is 2.67. The molecule has 1 atom stereocenters. The van der Waals surface area contributed by atoms with Crippen LogP contribution in [-0.4, -0.2) is 72.6 Å². The van der Waals surface area contributed by atoms with Crippen molar-refractivity contribution in [3.63, 3.8) is 0 Å². The van der Waals surface area contributed by atoms with Gasteiger partial charge in [0.1, 0.15) is 0 Å². The van der Waals surface area contributed by atoms with E-state index in [9.17, 15) is 14.7 Å². The molecule has 0 aliphatic heterocycles. The number of fused-ring (bicyclic) bond motifs is 1. The number of esters is 1. The molecule has 0 amide bonds. The Balaban J connectivity index is 2.18. The van der Waals surface area contributed by atoms with Gasteiger partial charge in [0.2, 0.25) is 5.69 Å². The molecule has 8 nitrogen and oxygen atoms in total. The smallest absolute Gasteiger partial charge is 0.362 e. The highest BCUT2D eigenvalue weighted by molar-refractivity contribution is 5.89. The van der Waals surface area contributed by atoms with Crippen molar-refractivity contribution in [2.45, 2.75) is 39.3 Å².